The Bertz CT molecular complexity index is 1070. The van der Waals surface area contributed by atoms with Crippen LogP contribution in [-0.4, -0.2) is 74.2 Å². The van der Waals surface area contributed by atoms with Gasteiger partial charge in [0, 0.05) is 55.7 Å². The summed E-state index contributed by atoms with van der Waals surface area (Å²) in [7, 11) is -3.48. The SMILES string of the molecule is CC(C)(C)C(=O)N(CCN1CCN(S(=O)(=O)c2ccc(Br)cc2)CC1)CC1=CCC2CC1C2(C)C. The molecule has 1 aromatic carbocycles. The molecule has 1 aromatic rings. The quantitative estimate of drug-likeness (QED) is 0.452. The molecule has 5 rings (SSSR count). The van der Waals surface area contributed by atoms with Crippen molar-refractivity contribution in [1.29, 1.82) is 0 Å². The zero-order valence-corrected chi connectivity index (χ0v) is 24.2. The van der Waals surface area contributed by atoms with Gasteiger partial charge in [0.15, 0.2) is 0 Å². The molecule has 4 aliphatic rings. The van der Waals surface area contributed by atoms with Gasteiger partial charge in [0.1, 0.15) is 0 Å². The summed E-state index contributed by atoms with van der Waals surface area (Å²) in [5.41, 5.74) is 1.35. The minimum Gasteiger partial charge on any atom is -0.337 e. The fraction of sp³-hybridized carbons (Fsp3) is 0.667. The monoisotopic (exact) mass is 565 g/mol. The van der Waals surface area contributed by atoms with Gasteiger partial charge in [-0.05, 0) is 54.4 Å². The molecule has 194 valence electrons. The largest absolute Gasteiger partial charge is 0.337 e. The number of nitrogens with zero attached hydrogens (tertiary/aromatic N) is 3. The van der Waals surface area contributed by atoms with Gasteiger partial charge >= 0.3 is 0 Å². The van der Waals surface area contributed by atoms with E-state index in [9.17, 15) is 13.2 Å². The van der Waals surface area contributed by atoms with E-state index in [-0.39, 0.29) is 5.91 Å². The predicted molar refractivity (Wildman–Crippen MR) is 143 cm³/mol. The molecule has 1 aliphatic heterocycles. The summed E-state index contributed by atoms with van der Waals surface area (Å²) in [4.78, 5) is 18.0. The number of carbonyl (C=O) groups excluding carboxylic acids is 1. The Labute approximate surface area is 219 Å². The summed E-state index contributed by atoms with van der Waals surface area (Å²) in [5.74, 6) is 1.56. The lowest BCUT2D eigenvalue weighted by molar-refractivity contribution is -0.139. The van der Waals surface area contributed by atoms with Crippen LogP contribution in [0.25, 0.3) is 0 Å². The number of rotatable bonds is 7. The number of piperazine rings is 1. The highest BCUT2D eigenvalue weighted by Gasteiger charge is 2.51. The summed E-state index contributed by atoms with van der Waals surface area (Å²) in [5, 5.41) is 0. The third-order valence-electron chi connectivity index (χ3n) is 8.35. The standard InChI is InChI=1S/C27H40BrN3O3S/c1-26(2,3)25(32)30(19-20-6-7-21-18-24(20)27(21,4)5)15-12-29-13-16-31(17-14-29)35(33,34)23-10-8-22(28)9-11-23/h6,8-11,21,24H,7,12-19H2,1-5H3. The normalized spacial score (nSPS) is 25.0. The smallest absolute Gasteiger partial charge is 0.243 e. The lowest BCUT2D eigenvalue weighted by Gasteiger charge is -2.57. The summed E-state index contributed by atoms with van der Waals surface area (Å²) in [6.45, 7) is 15.2. The van der Waals surface area contributed by atoms with E-state index in [4.69, 9.17) is 0 Å². The average molecular weight is 567 g/mol. The number of hydrogen-bond donors (Lipinski definition) is 0. The van der Waals surface area contributed by atoms with Crippen LogP contribution in [0.15, 0.2) is 45.3 Å². The number of amides is 1. The molecule has 35 heavy (non-hydrogen) atoms. The fourth-order valence-corrected chi connectivity index (χ4v) is 7.50. The second-order valence-electron chi connectivity index (χ2n) is 12.0. The van der Waals surface area contributed by atoms with Crippen molar-refractivity contribution < 1.29 is 13.2 Å². The van der Waals surface area contributed by atoms with Gasteiger partial charge in [0.2, 0.25) is 15.9 Å². The number of fused-ring (bicyclic) bond motifs is 1. The lowest BCUT2D eigenvalue weighted by Crippen LogP contribution is -2.53. The molecular formula is C27H40BrN3O3S. The first-order valence-electron chi connectivity index (χ1n) is 12.8. The maximum absolute atomic E-state index is 13.3. The van der Waals surface area contributed by atoms with Gasteiger partial charge in [-0.3, -0.25) is 9.69 Å². The first kappa shape index (κ1) is 26.8. The Morgan fingerprint density at radius 3 is 2.29 bits per heavy atom. The third-order valence-corrected chi connectivity index (χ3v) is 10.8. The van der Waals surface area contributed by atoms with Crippen LogP contribution in [0.4, 0.5) is 0 Å². The molecule has 0 aromatic heterocycles. The molecule has 8 heteroatoms. The molecule has 3 aliphatic carbocycles. The first-order valence-corrected chi connectivity index (χ1v) is 15.0. The van der Waals surface area contributed by atoms with Crippen molar-refractivity contribution in [3.8, 4) is 0 Å². The molecule has 1 saturated heterocycles. The van der Waals surface area contributed by atoms with Crippen LogP contribution in [0.5, 0.6) is 0 Å². The summed E-state index contributed by atoms with van der Waals surface area (Å²) in [6, 6.07) is 6.81. The van der Waals surface area contributed by atoms with Crippen LogP contribution in [-0.2, 0) is 14.8 Å². The number of sulfonamides is 1. The molecule has 1 heterocycles. The first-order chi connectivity index (χ1) is 16.3. The van der Waals surface area contributed by atoms with Crippen molar-refractivity contribution in [3.63, 3.8) is 0 Å². The number of carbonyl (C=O) groups is 1. The van der Waals surface area contributed by atoms with Crippen molar-refractivity contribution in [2.75, 3.05) is 45.8 Å². The van der Waals surface area contributed by atoms with Crippen molar-refractivity contribution in [3.05, 3.63) is 40.4 Å². The number of halogens is 1. The van der Waals surface area contributed by atoms with E-state index in [0.29, 0.717) is 49.0 Å². The Morgan fingerprint density at radius 1 is 1.11 bits per heavy atom. The maximum Gasteiger partial charge on any atom is 0.243 e. The van der Waals surface area contributed by atoms with E-state index in [1.807, 2.05) is 25.7 Å². The number of hydrogen-bond acceptors (Lipinski definition) is 4. The summed E-state index contributed by atoms with van der Waals surface area (Å²) in [6.07, 6.45) is 4.77. The van der Waals surface area contributed by atoms with Crippen LogP contribution in [0, 0.1) is 22.7 Å². The number of benzene rings is 1. The summed E-state index contributed by atoms with van der Waals surface area (Å²) < 4.78 is 28.5. The highest BCUT2D eigenvalue weighted by molar-refractivity contribution is 9.10. The van der Waals surface area contributed by atoms with E-state index in [2.05, 4.69) is 40.8 Å². The van der Waals surface area contributed by atoms with Gasteiger partial charge in [-0.2, -0.15) is 4.31 Å². The predicted octanol–water partition coefficient (Wildman–Crippen LogP) is 4.62. The van der Waals surface area contributed by atoms with E-state index in [1.54, 1.807) is 28.6 Å². The summed E-state index contributed by atoms with van der Waals surface area (Å²) >= 11 is 3.36. The topological polar surface area (TPSA) is 60.9 Å². The highest BCUT2D eigenvalue weighted by Crippen LogP contribution is 2.59. The molecule has 2 bridgehead atoms. The van der Waals surface area contributed by atoms with Crippen molar-refractivity contribution >= 4 is 31.9 Å². The maximum atomic E-state index is 13.3. The van der Waals surface area contributed by atoms with Gasteiger partial charge in [-0.1, -0.05) is 62.2 Å². The molecule has 0 spiro atoms. The van der Waals surface area contributed by atoms with Crippen molar-refractivity contribution in [2.24, 2.45) is 22.7 Å². The van der Waals surface area contributed by atoms with Crippen LogP contribution < -0.4 is 0 Å². The van der Waals surface area contributed by atoms with E-state index in [1.165, 1.54) is 12.0 Å². The van der Waals surface area contributed by atoms with Gasteiger partial charge < -0.3 is 4.90 Å². The molecular weight excluding hydrogens is 526 g/mol. The van der Waals surface area contributed by atoms with Gasteiger partial charge in [0.25, 0.3) is 0 Å². The number of allylic oxidation sites excluding steroid dienone is 1. The Balaban J connectivity index is 1.36. The zero-order valence-electron chi connectivity index (χ0n) is 21.8. The third kappa shape index (κ3) is 5.55. The lowest BCUT2D eigenvalue weighted by atomic mass is 9.49. The van der Waals surface area contributed by atoms with E-state index in [0.717, 1.165) is 29.9 Å². The molecule has 2 atom stereocenters. The van der Waals surface area contributed by atoms with Gasteiger partial charge in [-0.15, -0.1) is 0 Å². The molecule has 1 saturated carbocycles. The van der Waals surface area contributed by atoms with E-state index >= 15 is 0 Å². The second-order valence-corrected chi connectivity index (χ2v) is 14.9. The Hall–Kier alpha value is -1.22. The molecule has 2 fully saturated rings. The molecule has 2 unspecified atom stereocenters. The molecule has 0 N–H and O–H groups in total. The molecule has 0 radical (unpaired) electrons. The average Bonchev–Trinajstić information content (AvgIpc) is 2.81. The van der Waals surface area contributed by atoms with Crippen LogP contribution in [0.2, 0.25) is 0 Å². The van der Waals surface area contributed by atoms with Crippen molar-refractivity contribution in [2.45, 2.75) is 52.4 Å². The second kappa shape index (κ2) is 9.92. The Morgan fingerprint density at radius 2 is 1.74 bits per heavy atom. The van der Waals surface area contributed by atoms with E-state index < -0.39 is 15.4 Å². The minimum atomic E-state index is -3.48. The van der Waals surface area contributed by atoms with Crippen molar-refractivity contribution in [1.82, 2.24) is 14.1 Å². The highest BCUT2D eigenvalue weighted by atomic mass is 79.9. The molecule has 6 nitrogen and oxygen atoms in total. The van der Waals surface area contributed by atoms with Crippen LogP contribution in [0.3, 0.4) is 0 Å². The Kier molecular flexibility index (Phi) is 7.60. The molecule has 1 amide bonds. The van der Waals surface area contributed by atoms with Gasteiger partial charge in [-0.25, -0.2) is 8.42 Å². The van der Waals surface area contributed by atoms with Crippen LogP contribution >= 0.6 is 15.9 Å². The minimum absolute atomic E-state index is 0.189. The van der Waals surface area contributed by atoms with Crippen LogP contribution in [0.1, 0.15) is 47.5 Å². The zero-order chi connectivity index (χ0) is 25.6. The fourth-order valence-electron chi connectivity index (χ4n) is 5.81. The van der Waals surface area contributed by atoms with Gasteiger partial charge in [0.05, 0.1) is 4.90 Å².